The molecule has 0 fully saturated rings. The van der Waals surface area contributed by atoms with Gasteiger partial charge in [0.15, 0.2) is 0 Å². The maximum atomic E-state index is 12.5. The van der Waals surface area contributed by atoms with Crippen molar-refractivity contribution in [2.24, 2.45) is 5.92 Å². The van der Waals surface area contributed by atoms with Crippen LogP contribution in [0.5, 0.6) is 0 Å². The van der Waals surface area contributed by atoms with Gasteiger partial charge in [-0.2, -0.15) is 13.2 Å². The first kappa shape index (κ1) is 17.1. The van der Waals surface area contributed by atoms with Gasteiger partial charge in [0.1, 0.15) is 0 Å². The van der Waals surface area contributed by atoms with Crippen molar-refractivity contribution in [2.45, 2.75) is 19.0 Å². The third kappa shape index (κ3) is 4.00. The normalized spacial score (nSPS) is 18.9. The van der Waals surface area contributed by atoms with Crippen molar-refractivity contribution in [1.82, 2.24) is 4.90 Å². The van der Waals surface area contributed by atoms with Gasteiger partial charge in [0, 0.05) is 6.54 Å². The van der Waals surface area contributed by atoms with E-state index in [-0.39, 0.29) is 12.4 Å². The number of halogens is 4. The highest BCUT2D eigenvalue weighted by Gasteiger charge is 2.30. The van der Waals surface area contributed by atoms with Crippen LogP contribution in [0.15, 0.2) is 30.3 Å². The summed E-state index contributed by atoms with van der Waals surface area (Å²) >= 11 is 0. The Hall–Kier alpha value is -1.00. The second kappa shape index (κ2) is 6.64. The summed E-state index contributed by atoms with van der Waals surface area (Å²) in [6, 6.07) is 5.51. The van der Waals surface area contributed by atoms with Crippen molar-refractivity contribution in [3.63, 3.8) is 0 Å². The van der Waals surface area contributed by atoms with Gasteiger partial charge < -0.3 is 4.90 Å². The average Bonchev–Trinajstić information content (AvgIpc) is 2.75. The zero-order valence-corrected chi connectivity index (χ0v) is 12.4. The third-order valence-corrected chi connectivity index (χ3v) is 3.45. The van der Waals surface area contributed by atoms with Crippen LogP contribution in [-0.2, 0) is 6.18 Å². The van der Waals surface area contributed by atoms with E-state index in [9.17, 15) is 13.2 Å². The van der Waals surface area contributed by atoms with Gasteiger partial charge in [-0.1, -0.05) is 18.2 Å². The van der Waals surface area contributed by atoms with Crippen LogP contribution in [0.1, 0.15) is 24.0 Å². The molecule has 0 spiro atoms. The predicted octanol–water partition coefficient (Wildman–Crippen LogP) is 4.48. The summed E-state index contributed by atoms with van der Waals surface area (Å²) in [6.07, 6.45) is -0.0220. The number of allylic oxidation sites excluding steroid dienone is 1. The summed E-state index contributed by atoms with van der Waals surface area (Å²) in [7, 11) is 4.03. The molecule has 1 aromatic rings. The highest BCUT2D eigenvalue weighted by molar-refractivity contribution is 5.85. The SMILES string of the molecule is CN(C)C[C@H]1CCC=C1c1ccc(C(F)(F)F)cc1.Cl. The van der Waals surface area contributed by atoms with E-state index in [4.69, 9.17) is 0 Å². The maximum absolute atomic E-state index is 12.5. The summed E-state index contributed by atoms with van der Waals surface area (Å²) in [5.74, 6) is 0.423. The first-order chi connectivity index (χ1) is 8.88. The van der Waals surface area contributed by atoms with Crippen LogP contribution in [-0.4, -0.2) is 25.5 Å². The zero-order chi connectivity index (χ0) is 14.0. The molecule has 0 aromatic heterocycles. The Morgan fingerprint density at radius 1 is 1.15 bits per heavy atom. The molecule has 2 rings (SSSR count). The van der Waals surface area contributed by atoms with Crippen LogP contribution in [0.25, 0.3) is 5.57 Å². The van der Waals surface area contributed by atoms with Gasteiger partial charge in [-0.15, -0.1) is 12.4 Å². The van der Waals surface area contributed by atoms with E-state index in [0.717, 1.165) is 24.9 Å². The molecule has 0 bridgehead atoms. The van der Waals surface area contributed by atoms with Crippen molar-refractivity contribution < 1.29 is 13.2 Å². The van der Waals surface area contributed by atoms with E-state index in [1.807, 2.05) is 14.1 Å². The standard InChI is InChI=1S/C15H18F3N.ClH/c1-19(2)10-12-4-3-5-14(12)11-6-8-13(9-7-11)15(16,17)18;/h5-9,12H,3-4,10H2,1-2H3;1H/t12-;/m1./s1. The number of hydrogen-bond donors (Lipinski definition) is 0. The second-order valence-electron chi connectivity index (χ2n) is 5.27. The molecule has 1 aromatic carbocycles. The minimum atomic E-state index is -4.26. The van der Waals surface area contributed by atoms with Crippen molar-refractivity contribution in [2.75, 3.05) is 20.6 Å². The molecule has 0 saturated carbocycles. The molecule has 112 valence electrons. The fraction of sp³-hybridized carbons (Fsp3) is 0.467. The first-order valence-corrected chi connectivity index (χ1v) is 6.40. The Labute approximate surface area is 123 Å². The summed E-state index contributed by atoms with van der Waals surface area (Å²) in [6.45, 7) is 0.937. The number of rotatable bonds is 3. The fourth-order valence-electron chi connectivity index (χ4n) is 2.60. The number of alkyl halides is 3. The van der Waals surface area contributed by atoms with Gasteiger partial charge in [0.05, 0.1) is 5.56 Å². The lowest BCUT2D eigenvalue weighted by molar-refractivity contribution is -0.137. The van der Waals surface area contributed by atoms with Crippen LogP contribution in [0, 0.1) is 5.92 Å². The smallest absolute Gasteiger partial charge is 0.309 e. The van der Waals surface area contributed by atoms with Gasteiger partial charge in [0.25, 0.3) is 0 Å². The third-order valence-electron chi connectivity index (χ3n) is 3.45. The summed E-state index contributed by atoms with van der Waals surface area (Å²) in [5, 5.41) is 0. The molecule has 1 nitrogen and oxygen atoms in total. The molecular formula is C15H19ClF3N. The van der Waals surface area contributed by atoms with Gasteiger partial charge in [-0.25, -0.2) is 0 Å². The van der Waals surface area contributed by atoms with Crippen LogP contribution in [0.4, 0.5) is 13.2 Å². The second-order valence-corrected chi connectivity index (χ2v) is 5.27. The minimum Gasteiger partial charge on any atom is -0.309 e. The Balaban J connectivity index is 0.00000200. The van der Waals surface area contributed by atoms with Crippen LogP contribution < -0.4 is 0 Å². The van der Waals surface area contributed by atoms with Gasteiger partial charge in [-0.3, -0.25) is 0 Å². The van der Waals surface area contributed by atoms with E-state index in [2.05, 4.69) is 11.0 Å². The molecule has 0 amide bonds. The monoisotopic (exact) mass is 305 g/mol. The Morgan fingerprint density at radius 2 is 1.75 bits per heavy atom. The number of nitrogens with zero attached hydrogens (tertiary/aromatic N) is 1. The van der Waals surface area contributed by atoms with Crippen molar-refractivity contribution in [1.29, 1.82) is 0 Å². The molecule has 1 aliphatic carbocycles. The molecule has 0 heterocycles. The molecule has 5 heteroatoms. The molecule has 0 aliphatic heterocycles. The molecule has 20 heavy (non-hydrogen) atoms. The predicted molar refractivity (Wildman–Crippen MR) is 77.9 cm³/mol. The molecule has 0 saturated heterocycles. The van der Waals surface area contributed by atoms with Crippen LogP contribution in [0.3, 0.4) is 0 Å². The summed E-state index contributed by atoms with van der Waals surface area (Å²) in [4.78, 5) is 2.12. The van der Waals surface area contributed by atoms with E-state index in [1.165, 1.54) is 17.7 Å². The maximum Gasteiger partial charge on any atom is 0.416 e. The zero-order valence-electron chi connectivity index (χ0n) is 11.6. The summed E-state index contributed by atoms with van der Waals surface area (Å²) in [5.41, 5.74) is 1.51. The lowest BCUT2D eigenvalue weighted by Crippen LogP contribution is -2.21. The van der Waals surface area contributed by atoms with Crippen molar-refractivity contribution >= 4 is 18.0 Å². The van der Waals surface area contributed by atoms with E-state index >= 15 is 0 Å². The number of hydrogen-bond acceptors (Lipinski definition) is 1. The van der Waals surface area contributed by atoms with Crippen LogP contribution in [0.2, 0.25) is 0 Å². The lowest BCUT2D eigenvalue weighted by atomic mass is 9.94. The van der Waals surface area contributed by atoms with Gasteiger partial charge >= 0.3 is 6.18 Å². The Morgan fingerprint density at radius 3 is 2.25 bits per heavy atom. The number of benzene rings is 1. The largest absolute Gasteiger partial charge is 0.416 e. The average molecular weight is 306 g/mol. The highest BCUT2D eigenvalue weighted by Crippen LogP contribution is 2.36. The van der Waals surface area contributed by atoms with Gasteiger partial charge in [0.2, 0.25) is 0 Å². The minimum absolute atomic E-state index is 0. The Kier molecular flexibility index (Phi) is 5.66. The van der Waals surface area contributed by atoms with Crippen molar-refractivity contribution in [3.05, 3.63) is 41.5 Å². The molecule has 1 atom stereocenters. The lowest BCUT2D eigenvalue weighted by Gasteiger charge is -2.20. The molecule has 1 aliphatic rings. The van der Waals surface area contributed by atoms with Crippen molar-refractivity contribution in [3.8, 4) is 0 Å². The first-order valence-electron chi connectivity index (χ1n) is 6.40. The van der Waals surface area contributed by atoms with E-state index in [0.29, 0.717) is 5.92 Å². The molecule has 0 N–H and O–H groups in total. The quantitative estimate of drug-likeness (QED) is 0.795. The molecular weight excluding hydrogens is 287 g/mol. The van der Waals surface area contributed by atoms with E-state index in [1.54, 1.807) is 12.1 Å². The molecule has 0 radical (unpaired) electrons. The highest BCUT2D eigenvalue weighted by atomic mass is 35.5. The molecule has 0 unspecified atom stereocenters. The van der Waals surface area contributed by atoms with E-state index < -0.39 is 11.7 Å². The van der Waals surface area contributed by atoms with Gasteiger partial charge in [-0.05, 0) is 56.1 Å². The van der Waals surface area contributed by atoms with Crippen LogP contribution >= 0.6 is 12.4 Å². The summed E-state index contributed by atoms with van der Waals surface area (Å²) < 4.78 is 37.6. The Bertz CT molecular complexity index is 463. The topological polar surface area (TPSA) is 3.24 Å². The fourth-order valence-corrected chi connectivity index (χ4v) is 2.60.